The molecule has 4 rings (SSSR count). The minimum Gasteiger partial charge on any atom is -0.454 e. The molecule has 1 aromatic heterocycles. The number of hydrogen-bond acceptors (Lipinski definition) is 4. The third kappa shape index (κ3) is 4.81. The van der Waals surface area contributed by atoms with Crippen molar-refractivity contribution in [2.45, 2.75) is 13.2 Å². The van der Waals surface area contributed by atoms with Crippen LogP contribution in [0, 0.1) is 0 Å². The number of alkyl carbamates (subject to hydrolysis) is 1. The molecular formula is C24H17BrClNO4. The summed E-state index contributed by atoms with van der Waals surface area (Å²) in [7, 11) is 0. The molecule has 0 saturated carbocycles. The lowest BCUT2D eigenvalue weighted by Gasteiger charge is -2.12. The Balaban J connectivity index is 1.66. The maximum atomic E-state index is 13.3. The van der Waals surface area contributed by atoms with E-state index < -0.39 is 6.09 Å². The first-order valence-electron chi connectivity index (χ1n) is 9.47. The summed E-state index contributed by atoms with van der Waals surface area (Å²) in [6, 6.07) is 21.8. The molecule has 3 aromatic carbocycles. The van der Waals surface area contributed by atoms with Crippen LogP contribution in [0.4, 0.5) is 4.79 Å². The maximum Gasteiger partial charge on any atom is 0.407 e. The monoisotopic (exact) mass is 497 g/mol. The zero-order chi connectivity index (χ0) is 21.8. The van der Waals surface area contributed by atoms with Crippen LogP contribution in [0.2, 0.25) is 5.02 Å². The Morgan fingerprint density at radius 3 is 2.42 bits per heavy atom. The standard InChI is InChI=1S/C24H17BrClNO4/c25-20-12-17(26)11-18-21(28)19(22(31-23(18)20)16-9-5-2-6-10-16)13-27-24(29)30-14-15-7-3-1-4-8-15/h1-12H,13-14H2,(H,27,29). The summed E-state index contributed by atoms with van der Waals surface area (Å²) in [5.41, 5.74) is 2.02. The summed E-state index contributed by atoms with van der Waals surface area (Å²) in [6.45, 7) is 0.0767. The van der Waals surface area contributed by atoms with Gasteiger partial charge in [0, 0.05) is 10.6 Å². The molecule has 1 heterocycles. The van der Waals surface area contributed by atoms with Crippen LogP contribution in [0.1, 0.15) is 11.1 Å². The Labute approximate surface area is 191 Å². The molecule has 0 atom stereocenters. The number of amides is 1. The van der Waals surface area contributed by atoms with E-state index >= 15 is 0 Å². The Hall–Kier alpha value is -3.09. The highest BCUT2D eigenvalue weighted by atomic mass is 79.9. The summed E-state index contributed by atoms with van der Waals surface area (Å²) < 4.78 is 11.9. The molecule has 7 heteroatoms. The summed E-state index contributed by atoms with van der Waals surface area (Å²) in [6.07, 6.45) is -0.630. The van der Waals surface area contributed by atoms with Crippen LogP contribution >= 0.6 is 27.5 Å². The Kier molecular flexibility index (Phi) is 6.39. The van der Waals surface area contributed by atoms with Gasteiger partial charge in [-0.2, -0.15) is 0 Å². The number of carbonyl (C=O) groups excluding carboxylic acids is 1. The second-order valence-corrected chi connectivity index (χ2v) is 8.08. The van der Waals surface area contributed by atoms with Crippen molar-refractivity contribution < 1.29 is 13.9 Å². The molecule has 0 aliphatic heterocycles. The summed E-state index contributed by atoms with van der Waals surface area (Å²) >= 11 is 9.54. The predicted octanol–water partition coefficient (Wildman–Crippen LogP) is 6.30. The van der Waals surface area contributed by atoms with E-state index in [0.29, 0.717) is 31.8 Å². The molecule has 1 amide bonds. The molecule has 31 heavy (non-hydrogen) atoms. The lowest BCUT2D eigenvalue weighted by molar-refractivity contribution is 0.139. The predicted molar refractivity (Wildman–Crippen MR) is 124 cm³/mol. The van der Waals surface area contributed by atoms with Crippen molar-refractivity contribution in [2.24, 2.45) is 0 Å². The zero-order valence-electron chi connectivity index (χ0n) is 16.2. The molecule has 0 aliphatic carbocycles. The molecule has 0 spiro atoms. The van der Waals surface area contributed by atoms with Gasteiger partial charge < -0.3 is 14.5 Å². The average Bonchev–Trinajstić information content (AvgIpc) is 2.78. The molecular weight excluding hydrogens is 482 g/mol. The van der Waals surface area contributed by atoms with E-state index in [1.807, 2.05) is 60.7 Å². The smallest absolute Gasteiger partial charge is 0.407 e. The van der Waals surface area contributed by atoms with Crippen molar-refractivity contribution in [3.63, 3.8) is 0 Å². The van der Waals surface area contributed by atoms with Gasteiger partial charge in [-0.1, -0.05) is 72.3 Å². The Morgan fingerprint density at radius 2 is 1.71 bits per heavy atom. The highest BCUT2D eigenvalue weighted by molar-refractivity contribution is 9.10. The van der Waals surface area contributed by atoms with E-state index in [1.54, 1.807) is 12.1 Å². The van der Waals surface area contributed by atoms with Gasteiger partial charge in [0.2, 0.25) is 0 Å². The molecule has 0 fully saturated rings. The van der Waals surface area contributed by atoms with Gasteiger partial charge in [0.1, 0.15) is 12.4 Å². The minimum absolute atomic E-state index is 0.0553. The topological polar surface area (TPSA) is 68.5 Å². The van der Waals surface area contributed by atoms with Crippen LogP contribution in [0.5, 0.6) is 0 Å². The van der Waals surface area contributed by atoms with Crippen molar-refractivity contribution in [1.29, 1.82) is 0 Å². The van der Waals surface area contributed by atoms with Crippen LogP contribution < -0.4 is 10.7 Å². The van der Waals surface area contributed by atoms with Gasteiger partial charge in [-0.05, 0) is 33.6 Å². The van der Waals surface area contributed by atoms with Gasteiger partial charge in [-0.3, -0.25) is 4.79 Å². The summed E-state index contributed by atoms with van der Waals surface area (Å²) in [5, 5.41) is 3.38. The highest BCUT2D eigenvalue weighted by Crippen LogP contribution is 2.32. The number of fused-ring (bicyclic) bond motifs is 1. The number of benzene rings is 3. The van der Waals surface area contributed by atoms with Gasteiger partial charge >= 0.3 is 6.09 Å². The third-order valence-corrected chi connectivity index (χ3v) is 5.47. The van der Waals surface area contributed by atoms with Crippen LogP contribution in [-0.4, -0.2) is 6.09 Å². The molecule has 4 aromatic rings. The Morgan fingerprint density at radius 1 is 1.03 bits per heavy atom. The molecule has 0 radical (unpaired) electrons. The lowest BCUT2D eigenvalue weighted by atomic mass is 10.0. The van der Waals surface area contributed by atoms with Gasteiger partial charge in [0.25, 0.3) is 0 Å². The normalized spacial score (nSPS) is 10.8. The number of carbonyl (C=O) groups is 1. The summed E-state index contributed by atoms with van der Waals surface area (Å²) in [4.78, 5) is 25.5. The van der Waals surface area contributed by atoms with Crippen molar-refractivity contribution in [2.75, 3.05) is 0 Å². The highest BCUT2D eigenvalue weighted by Gasteiger charge is 2.19. The maximum absolute atomic E-state index is 13.3. The van der Waals surface area contributed by atoms with Gasteiger partial charge in [-0.25, -0.2) is 4.79 Å². The van der Waals surface area contributed by atoms with Crippen LogP contribution in [-0.2, 0) is 17.9 Å². The van der Waals surface area contributed by atoms with E-state index in [9.17, 15) is 9.59 Å². The molecule has 0 saturated heterocycles. The van der Waals surface area contributed by atoms with Crippen molar-refractivity contribution >= 4 is 44.6 Å². The summed E-state index contributed by atoms with van der Waals surface area (Å²) in [5.74, 6) is 0.379. The first-order valence-corrected chi connectivity index (χ1v) is 10.6. The number of halogens is 2. The van der Waals surface area contributed by atoms with Crippen molar-refractivity contribution in [1.82, 2.24) is 5.32 Å². The van der Waals surface area contributed by atoms with Crippen molar-refractivity contribution in [3.8, 4) is 11.3 Å². The number of nitrogens with one attached hydrogen (secondary N) is 1. The lowest BCUT2D eigenvalue weighted by Crippen LogP contribution is -2.27. The minimum atomic E-state index is -0.630. The molecule has 5 nitrogen and oxygen atoms in total. The Bertz CT molecular complexity index is 1290. The average molecular weight is 499 g/mol. The van der Waals surface area contributed by atoms with Gasteiger partial charge in [-0.15, -0.1) is 0 Å². The van der Waals surface area contributed by atoms with Crippen LogP contribution in [0.25, 0.3) is 22.3 Å². The fraction of sp³-hybridized carbons (Fsp3) is 0.0833. The number of rotatable bonds is 5. The van der Waals surface area contributed by atoms with Gasteiger partial charge in [0.05, 0.1) is 22.0 Å². The molecule has 1 N–H and O–H groups in total. The first kappa shape index (κ1) is 21.2. The molecule has 0 aliphatic rings. The fourth-order valence-electron chi connectivity index (χ4n) is 3.18. The molecule has 0 bridgehead atoms. The SMILES string of the molecule is O=C(NCc1c(-c2ccccc2)oc2c(Br)cc(Cl)cc2c1=O)OCc1ccccc1. The van der Waals surface area contributed by atoms with E-state index in [0.717, 1.165) is 11.1 Å². The largest absolute Gasteiger partial charge is 0.454 e. The first-order chi connectivity index (χ1) is 15.0. The molecule has 156 valence electrons. The van der Waals surface area contributed by atoms with Crippen LogP contribution in [0.15, 0.2) is 86.5 Å². The molecule has 0 unspecified atom stereocenters. The van der Waals surface area contributed by atoms with Crippen molar-refractivity contribution in [3.05, 3.63) is 104 Å². The number of hydrogen-bond donors (Lipinski definition) is 1. The second kappa shape index (κ2) is 9.37. The third-order valence-electron chi connectivity index (χ3n) is 4.66. The van der Waals surface area contributed by atoms with E-state index in [2.05, 4.69) is 21.2 Å². The second-order valence-electron chi connectivity index (χ2n) is 6.78. The number of ether oxygens (including phenoxy) is 1. The van der Waals surface area contributed by atoms with E-state index in [4.69, 9.17) is 20.8 Å². The van der Waals surface area contributed by atoms with Crippen LogP contribution in [0.3, 0.4) is 0 Å². The van der Waals surface area contributed by atoms with E-state index in [-0.39, 0.29) is 18.6 Å². The van der Waals surface area contributed by atoms with E-state index in [1.165, 1.54) is 0 Å². The quantitative estimate of drug-likeness (QED) is 0.350. The zero-order valence-corrected chi connectivity index (χ0v) is 18.6. The fourth-order valence-corrected chi connectivity index (χ4v) is 4.07. The van der Waals surface area contributed by atoms with Gasteiger partial charge in [0.15, 0.2) is 11.0 Å².